The molecule has 0 atom stereocenters. The molecule has 0 aliphatic rings. The molecule has 42 heavy (non-hydrogen) atoms. The van der Waals surface area contributed by atoms with E-state index in [-0.39, 0.29) is 0 Å². The molecule has 0 bridgehead atoms. The fourth-order valence-electron chi connectivity index (χ4n) is 3.30. The molecular weight excluding hydrogens is 600 g/mol. The molecule has 0 saturated carbocycles. The molecule has 0 amide bonds. The summed E-state index contributed by atoms with van der Waals surface area (Å²) in [7, 11) is 0. The van der Waals surface area contributed by atoms with Gasteiger partial charge in [-0.1, -0.05) is 52.7 Å². The molecule has 0 aromatic heterocycles. The normalized spacial score (nSPS) is 8.79. The van der Waals surface area contributed by atoms with E-state index >= 15 is 0 Å². The molecule has 6 aromatic rings. The Labute approximate surface area is 274 Å². The van der Waals surface area contributed by atoms with Gasteiger partial charge in [-0.05, 0) is 0 Å². The SMILES string of the molecule is Cc1cc2ccccc2[cH-]1.Cc1cc2ccccc2[cH-]1.[CH2-]CCC.[CH2-]CCC.[Si]=[Zr].[c-]1ccccc1.[c-]1ccccc1. The monoisotopic (exact) mass is 644 g/mol. The van der Waals surface area contributed by atoms with Crippen LogP contribution in [0.25, 0.3) is 21.5 Å². The van der Waals surface area contributed by atoms with Crippen LogP contribution >= 0.6 is 0 Å². The molecule has 0 unspecified atom stereocenters. The zero-order chi connectivity index (χ0) is 31.3. The van der Waals surface area contributed by atoms with Gasteiger partial charge in [-0.15, -0.1) is 81.2 Å². The molecule has 0 N–H and O–H groups in total. The van der Waals surface area contributed by atoms with Gasteiger partial charge in [-0.25, -0.2) is 0 Å². The molecular formula is C40H46SiZr-6. The third kappa shape index (κ3) is 20.1. The van der Waals surface area contributed by atoms with Crippen LogP contribution in [0.15, 0.2) is 133 Å². The van der Waals surface area contributed by atoms with Crippen molar-refractivity contribution in [2.75, 3.05) is 0 Å². The first-order valence-corrected chi connectivity index (χ1v) is 18.6. The van der Waals surface area contributed by atoms with Gasteiger partial charge in [0.05, 0.1) is 0 Å². The largest absolute Gasteiger partial charge is 0.184 e. The van der Waals surface area contributed by atoms with E-state index in [1.807, 2.05) is 60.7 Å². The summed E-state index contributed by atoms with van der Waals surface area (Å²) in [4.78, 5) is 0. The maximum atomic E-state index is 3.60. The second-order valence-corrected chi connectivity index (χ2v) is 9.19. The summed E-state index contributed by atoms with van der Waals surface area (Å²) in [6.45, 7) is 18.8. The number of benzene rings is 4. The Hall–Kier alpha value is -2.80. The van der Waals surface area contributed by atoms with E-state index in [1.165, 1.54) is 68.8 Å². The predicted molar refractivity (Wildman–Crippen MR) is 185 cm³/mol. The molecule has 2 heteroatoms. The summed E-state index contributed by atoms with van der Waals surface area (Å²) >= 11 is 1.36. The van der Waals surface area contributed by atoms with Gasteiger partial charge in [0.2, 0.25) is 0 Å². The summed E-state index contributed by atoms with van der Waals surface area (Å²) in [5, 5.41) is 5.39. The first-order chi connectivity index (χ1) is 20.5. The second-order valence-electron chi connectivity index (χ2n) is 9.19. The van der Waals surface area contributed by atoms with Crippen LogP contribution in [0.3, 0.4) is 0 Å². The third-order valence-electron chi connectivity index (χ3n) is 5.45. The molecule has 0 fully saturated rings. The van der Waals surface area contributed by atoms with E-state index < -0.39 is 0 Å². The van der Waals surface area contributed by atoms with Crippen LogP contribution in [0.4, 0.5) is 0 Å². The van der Waals surface area contributed by atoms with E-state index in [9.17, 15) is 0 Å². The molecule has 0 nitrogen and oxygen atoms in total. The van der Waals surface area contributed by atoms with Gasteiger partial charge >= 0.3 is 30.2 Å². The molecule has 2 radical (unpaired) electrons. The van der Waals surface area contributed by atoms with Gasteiger partial charge in [0, 0.05) is 0 Å². The number of rotatable bonds is 2. The number of hydrogen-bond acceptors (Lipinski definition) is 0. The third-order valence-corrected chi connectivity index (χ3v) is 5.45. The minimum atomic E-state index is 1.07. The molecule has 0 spiro atoms. The topological polar surface area (TPSA) is 0 Å². The minimum absolute atomic E-state index is 1.07. The number of aryl methyl sites for hydroxylation is 2. The van der Waals surface area contributed by atoms with E-state index in [1.54, 1.807) is 0 Å². The maximum Gasteiger partial charge on any atom is -0.171 e. The molecule has 0 aliphatic carbocycles. The molecule has 6 aromatic carbocycles. The molecule has 220 valence electrons. The summed E-state index contributed by atoms with van der Waals surface area (Å²) in [6, 6.07) is 50.7. The van der Waals surface area contributed by atoms with Crippen LogP contribution in [0, 0.1) is 39.8 Å². The van der Waals surface area contributed by atoms with Crippen molar-refractivity contribution in [2.24, 2.45) is 0 Å². The van der Waals surface area contributed by atoms with Gasteiger partial charge in [0.25, 0.3) is 0 Å². The predicted octanol–water partition coefficient (Wildman–Crippen LogP) is 11.6. The van der Waals surface area contributed by atoms with Crippen molar-refractivity contribution in [2.45, 2.75) is 53.4 Å². The Balaban J connectivity index is 0.000000494. The van der Waals surface area contributed by atoms with E-state index in [0.29, 0.717) is 0 Å². The van der Waals surface area contributed by atoms with Crippen molar-refractivity contribution < 1.29 is 23.3 Å². The zero-order valence-corrected chi connectivity index (χ0v) is 29.4. The first-order valence-electron chi connectivity index (χ1n) is 14.4. The molecule has 0 heterocycles. The van der Waals surface area contributed by atoms with Gasteiger partial charge < -0.3 is 13.8 Å². The Morgan fingerprint density at radius 1 is 0.571 bits per heavy atom. The van der Waals surface area contributed by atoms with E-state index in [0.717, 1.165) is 12.8 Å². The summed E-state index contributed by atoms with van der Waals surface area (Å²) in [6.07, 6.45) is 4.56. The van der Waals surface area contributed by atoms with Gasteiger partial charge in [-0.3, -0.25) is 0 Å². The summed E-state index contributed by atoms with van der Waals surface area (Å²) < 4.78 is 0. The molecule has 0 aliphatic heterocycles. The number of fused-ring (bicyclic) bond motifs is 2. The number of unbranched alkanes of at least 4 members (excludes halogenated alkanes) is 2. The van der Waals surface area contributed by atoms with Crippen molar-refractivity contribution in [1.29, 1.82) is 0 Å². The zero-order valence-electron chi connectivity index (χ0n) is 25.9. The van der Waals surface area contributed by atoms with Crippen molar-refractivity contribution >= 4 is 28.4 Å². The Bertz CT molecular complexity index is 1140. The van der Waals surface area contributed by atoms with E-state index in [2.05, 4.69) is 133 Å². The van der Waals surface area contributed by atoms with Crippen LogP contribution in [0.2, 0.25) is 0 Å². The van der Waals surface area contributed by atoms with Crippen LogP contribution in [0.5, 0.6) is 0 Å². The van der Waals surface area contributed by atoms with Crippen LogP contribution in [0.1, 0.15) is 50.7 Å². The summed E-state index contributed by atoms with van der Waals surface area (Å²) in [5.74, 6) is 0. The average molecular weight is 646 g/mol. The molecule has 0 saturated heterocycles. The average Bonchev–Trinajstić information content (AvgIpc) is 3.65. The van der Waals surface area contributed by atoms with Crippen molar-refractivity contribution in [3.63, 3.8) is 0 Å². The quantitative estimate of drug-likeness (QED) is 0.130. The van der Waals surface area contributed by atoms with Gasteiger partial charge in [0.15, 0.2) is 0 Å². The fourth-order valence-corrected chi connectivity index (χ4v) is 3.30. The number of hydrogen-bond donors (Lipinski definition) is 0. The Kier molecular flexibility index (Phi) is 26.4. The fraction of sp³-hybridized carbons (Fsp3) is 0.200. The Morgan fingerprint density at radius 3 is 1.10 bits per heavy atom. The first kappa shape index (κ1) is 39.2. The van der Waals surface area contributed by atoms with Gasteiger partial charge in [0.1, 0.15) is 0 Å². The van der Waals surface area contributed by atoms with Crippen molar-refractivity contribution in [3.8, 4) is 0 Å². The minimum Gasteiger partial charge on any atom is -0.184 e. The smallest absolute Gasteiger partial charge is 0.171 e. The molecule has 6 rings (SSSR count). The van der Waals surface area contributed by atoms with Gasteiger partial charge in [-0.2, -0.15) is 97.8 Å². The van der Waals surface area contributed by atoms with Crippen molar-refractivity contribution in [1.82, 2.24) is 0 Å². The van der Waals surface area contributed by atoms with Crippen LogP contribution in [-0.4, -0.2) is 6.88 Å². The van der Waals surface area contributed by atoms with Crippen LogP contribution < -0.4 is 0 Å². The van der Waals surface area contributed by atoms with Crippen LogP contribution in [-0.2, 0) is 23.3 Å². The Morgan fingerprint density at radius 2 is 0.881 bits per heavy atom. The summed E-state index contributed by atoms with van der Waals surface area (Å²) in [5.41, 5.74) is 2.70. The second kappa shape index (κ2) is 28.3. The maximum absolute atomic E-state index is 3.60. The standard InChI is InChI=1S/2C10H9.2C6H5.2C4H9.Si.Zr/c2*1-8-6-9-4-2-3-5-10(9)7-8;2*1-2-4-6-5-3-1;2*1-3-4-2;;/h2*2-7H,1H3;2*1-5H;2*1,3-4H2,2H3;;/q6*-1;;. The van der Waals surface area contributed by atoms with E-state index in [4.69, 9.17) is 0 Å². The van der Waals surface area contributed by atoms with Crippen molar-refractivity contribution in [3.05, 3.63) is 171 Å².